The van der Waals surface area contributed by atoms with Crippen LogP contribution < -0.4 is 10.6 Å². The molecule has 0 saturated heterocycles. The van der Waals surface area contributed by atoms with Crippen LogP contribution in [0.15, 0.2) is 36.4 Å². The van der Waals surface area contributed by atoms with Crippen LogP contribution in [0, 0.1) is 15.2 Å². The normalized spacial score (nSPS) is 10.2. The van der Waals surface area contributed by atoms with Crippen molar-refractivity contribution in [2.45, 2.75) is 0 Å². The molecule has 2 aromatic rings. The lowest BCUT2D eigenvalue weighted by atomic mass is 10.1. The number of benzene rings is 2. The molecule has 0 aromatic heterocycles. The van der Waals surface area contributed by atoms with Gasteiger partial charge in [0.05, 0.1) is 5.69 Å². The predicted molar refractivity (Wildman–Crippen MR) is 83.0 cm³/mol. The molecule has 0 radical (unpaired) electrons. The Morgan fingerprint density at radius 2 is 1.75 bits per heavy atom. The number of amides is 1. The Hall–Kier alpha value is -1.70. The standard InChI is InChI=1S/C14H11F2IN2O/c1-18-13-9(15)6-8(7-10(13)16)14(20)19-12-5-3-2-4-11(12)17/h2-7,18H,1H3,(H,19,20). The summed E-state index contributed by atoms with van der Waals surface area (Å²) in [4.78, 5) is 12.0. The van der Waals surface area contributed by atoms with Gasteiger partial charge < -0.3 is 10.6 Å². The van der Waals surface area contributed by atoms with Crippen LogP contribution in [0.3, 0.4) is 0 Å². The van der Waals surface area contributed by atoms with Gasteiger partial charge in [-0.05, 0) is 46.9 Å². The predicted octanol–water partition coefficient (Wildman–Crippen LogP) is 3.86. The van der Waals surface area contributed by atoms with Gasteiger partial charge in [-0.3, -0.25) is 4.79 Å². The molecule has 2 N–H and O–H groups in total. The first-order valence-electron chi connectivity index (χ1n) is 5.75. The summed E-state index contributed by atoms with van der Waals surface area (Å²) >= 11 is 2.06. The zero-order valence-corrected chi connectivity index (χ0v) is 12.7. The van der Waals surface area contributed by atoms with Crippen LogP contribution in [0.25, 0.3) is 0 Å². The van der Waals surface area contributed by atoms with Crippen LogP contribution in [0.1, 0.15) is 10.4 Å². The summed E-state index contributed by atoms with van der Waals surface area (Å²) in [5.41, 5.74) is 0.270. The van der Waals surface area contributed by atoms with Crippen molar-refractivity contribution in [2.75, 3.05) is 17.7 Å². The SMILES string of the molecule is CNc1c(F)cc(C(=O)Nc2ccccc2I)cc1F. The lowest BCUT2D eigenvalue weighted by Gasteiger charge is -2.09. The van der Waals surface area contributed by atoms with E-state index in [0.29, 0.717) is 5.69 Å². The summed E-state index contributed by atoms with van der Waals surface area (Å²) in [6.07, 6.45) is 0. The number of halogens is 3. The second-order valence-electron chi connectivity index (χ2n) is 4.00. The highest BCUT2D eigenvalue weighted by Crippen LogP contribution is 2.22. The van der Waals surface area contributed by atoms with E-state index in [-0.39, 0.29) is 11.3 Å². The maximum absolute atomic E-state index is 13.6. The van der Waals surface area contributed by atoms with Gasteiger partial charge in [0.25, 0.3) is 5.91 Å². The number of hydrogen-bond donors (Lipinski definition) is 2. The van der Waals surface area contributed by atoms with Crippen LogP contribution >= 0.6 is 22.6 Å². The summed E-state index contributed by atoms with van der Waals surface area (Å²) in [5, 5.41) is 5.02. The number of rotatable bonds is 3. The average molecular weight is 388 g/mol. The molecule has 0 aliphatic carbocycles. The second-order valence-corrected chi connectivity index (χ2v) is 5.16. The van der Waals surface area contributed by atoms with Gasteiger partial charge >= 0.3 is 0 Å². The van der Waals surface area contributed by atoms with E-state index < -0.39 is 17.5 Å². The summed E-state index contributed by atoms with van der Waals surface area (Å²) in [7, 11) is 1.41. The average Bonchev–Trinajstić information content (AvgIpc) is 2.41. The first-order chi connectivity index (χ1) is 9.52. The molecule has 2 rings (SSSR count). The van der Waals surface area contributed by atoms with Crippen molar-refractivity contribution in [3.8, 4) is 0 Å². The molecule has 6 heteroatoms. The highest BCUT2D eigenvalue weighted by Gasteiger charge is 2.15. The van der Waals surface area contributed by atoms with E-state index in [4.69, 9.17) is 0 Å². The van der Waals surface area contributed by atoms with Crippen LogP contribution in [0.2, 0.25) is 0 Å². The minimum atomic E-state index is -0.805. The zero-order chi connectivity index (χ0) is 14.7. The Morgan fingerprint density at radius 3 is 2.30 bits per heavy atom. The first-order valence-corrected chi connectivity index (χ1v) is 6.83. The van der Waals surface area contributed by atoms with Crippen molar-refractivity contribution in [1.29, 1.82) is 0 Å². The summed E-state index contributed by atoms with van der Waals surface area (Å²) in [5.74, 6) is -2.17. The van der Waals surface area contributed by atoms with Crippen molar-refractivity contribution in [3.05, 3.63) is 57.2 Å². The van der Waals surface area contributed by atoms with Crippen molar-refractivity contribution < 1.29 is 13.6 Å². The number of carbonyl (C=O) groups excluding carboxylic acids is 1. The third-order valence-electron chi connectivity index (χ3n) is 2.68. The molecule has 0 spiro atoms. The highest BCUT2D eigenvalue weighted by atomic mass is 127. The van der Waals surface area contributed by atoms with Crippen LogP contribution in [-0.2, 0) is 0 Å². The molecular formula is C14H11F2IN2O. The molecule has 0 atom stereocenters. The van der Waals surface area contributed by atoms with Crippen LogP contribution in [0.5, 0.6) is 0 Å². The molecule has 0 heterocycles. The van der Waals surface area contributed by atoms with Crippen LogP contribution in [-0.4, -0.2) is 13.0 Å². The highest BCUT2D eigenvalue weighted by molar-refractivity contribution is 14.1. The van der Waals surface area contributed by atoms with Crippen LogP contribution in [0.4, 0.5) is 20.2 Å². The Bertz CT molecular complexity index is 638. The zero-order valence-electron chi connectivity index (χ0n) is 10.5. The Morgan fingerprint density at radius 1 is 1.15 bits per heavy atom. The van der Waals surface area contributed by atoms with Gasteiger partial charge in [0.1, 0.15) is 17.3 Å². The number of para-hydroxylation sites is 1. The minimum Gasteiger partial charge on any atom is -0.383 e. The molecule has 0 saturated carbocycles. The van der Waals surface area contributed by atoms with Gasteiger partial charge in [0.2, 0.25) is 0 Å². The quantitative estimate of drug-likeness (QED) is 0.785. The number of hydrogen-bond acceptors (Lipinski definition) is 2. The summed E-state index contributed by atoms with van der Waals surface area (Å²) < 4.78 is 28.1. The molecule has 0 bridgehead atoms. The van der Waals surface area contributed by atoms with Gasteiger partial charge in [-0.1, -0.05) is 12.1 Å². The second kappa shape index (κ2) is 6.17. The molecular weight excluding hydrogens is 377 g/mol. The smallest absolute Gasteiger partial charge is 0.255 e. The lowest BCUT2D eigenvalue weighted by molar-refractivity contribution is 0.102. The van der Waals surface area contributed by atoms with E-state index in [1.165, 1.54) is 7.05 Å². The van der Waals surface area contributed by atoms with Gasteiger partial charge in [-0.25, -0.2) is 8.78 Å². The largest absolute Gasteiger partial charge is 0.383 e. The molecule has 0 fully saturated rings. The van der Waals surface area contributed by atoms with E-state index in [1.807, 2.05) is 12.1 Å². The Kier molecular flexibility index (Phi) is 4.53. The van der Waals surface area contributed by atoms with E-state index in [0.717, 1.165) is 15.7 Å². The number of carbonyl (C=O) groups is 1. The molecule has 1 amide bonds. The van der Waals surface area contributed by atoms with E-state index >= 15 is 0 Å². The van der Waals surface area contributed by atoms with E-state index in [1.54, 1.807) is 12.1 Å². The number of nitrogens with one attached hydrogen (secondary N) is 2. The monoisotopic (exact) mass is 388 g/mol. The third-order valence-corrected chi connectivity index (χ3v) is 3.62. The topological polar surface area (TPSA) is 41.1 Å². The maximum atomic E-state index is 13.6. The fraction of sp³-hybridized carbons (Fsp3) is 0.0714. The van der Waals surface area contributed by atoms with Crippen molar-refractivity contribution >= 4 is 39.9 Å². The van der Waals surface area contributed by atoms with Gasteiger partial charge in [0.15, 0.2) is 0 Å². The minimum absolute atomic E-state index is 0.0707. The molecule has 20 heavy (non-hydrogen) atoms. The van der Waals surface area contributed by atoms with Crippen molar-refractivity contribution in [3.63, 3.8) is 0 Å². The molecule has 3 nitrogen and oxygen atoms in total. The third kappa shape index (κ3) is 3.06. The fourth-order valence-corrected chi connectivity index (χ4v) is 2.22. The molecule has 0 aliphatic heterocycles. The first kappa shape index (κ1) is 14.7. The van der Waals surface area contributed by atoms with Gasteiger partial charge in [0, 0.05) is 16.2 Å². The molecule has 2 aromatic carbocycles. The summed E-state index contributed by atoms with van der Waals surface area (Å²) in [6.45, 7) is 0. The van der Waals surface area contributed by atoms with Gasteiger partial charge in [-0.2, -0.15) is 0 Å². The van der Waals surface area contributed by atoms with E-state index in [2.05, 4.69) is 33.2 Å². The van der Waals surface area contributed by atoms with E-state index in [9.17, 15) is 13.6 Å². The fourth-order valence-electron chi connectivity index (χ4n) is 1.70. The van der Waals surface area contributed by atoms with Crippen molar-refractivity contribution in [2.24, 2.45) is 0 Å². The van der Waals surface area contributed by atoms with Crippen molar-refractivity contribution in [1.82, 2.24) is 0 Å². The Balaban J connectivity index is 2.29. The lowest BCUT2D eigenvalue weighted by Crippen LogP contribution is -2.14. The summed E-state index contributed by atoms with van der Waals surface area (Å²) in [6, 6.07) is 9.14. The van der Waals surface area contributed by atoms with Gasteiger partial charge in [-0.15, -0.1) is 0 Å². The Labute approximate surface area is 128 Å². The maximum Gasteiger partial charge on any atom is 0.255 e. The molecule has 104 valence electrons. The molecule has 0 unspecified atom stereocenters. The molecule has 0 aliphatic rings. The number of anilines is 2.